The van der Waals surface area contributed by atoms with Gasteiger partial charge in [0.15, 0.2) is 16.7 Å². The topological polar surface area (TPSA) is 92.9 Å². The third-order valence-corrected chi connectivity index (χ3v) is 8.30. The van der Waals surface area contributed by atoms with Crippen LogP contribution >= 0.6 is 11.3 Å². The number of aliphatic hydroxyl groups excluding tert-OH is 1. The Hall–Kier alpha value is -5.21. The van der Waals surface area contributed by atoms with E-state index in [4.69, 9.17) is 14.1 Å². The van der Waals surface area contributed by atoms with Gasteiger partial charge in [0.2, 0.25) is 5.78 Å². The van der Waals surface area contributed by atoms with Crippen LogP contribution in [0.1, 0.15) is 33.3 Å². The second-order valence-corrected chi connectivity index (χ2v) is 11.1. The molecule has 0 saturated carbocycles. The van der Waals surface area contributed by atoms with Gasteiger partial charge in [-0.15, -0.1) is 0 Å². The van der Waals surface area contributed by atoms with Gasteiger partial charge >= 0.3 is 0 Å². The quantitative estimate of drug-likeness (QED) is 0.197. The molecule has 206 valence electrons. The van der Waals surface area contributed by atoms with Crippen molar-refractivity contribution >= 4 is 49.3 Å². The molecule has 0 radical (unpaired) electrons. The van der Waals surface area contributed by atoms with E-state index in [0.29, 0.717) is 28.6 Å². The smallest absolute Gasteiger partial charge is 0.296 e. The van der Waals surface area contributed by atoms with Crippen molar-refractivity contribution < 1.29 is 23.8 Å². The van der Waals surface area contributed by atoms with E-state index < -0.39 is 23.5 Å². The van der Waals surface area contributed by atoms with E-state index in [9.17, 15) is 14.7 Å². The van der Waals surface area contributed by atoms with Crippen LogP contribution < -0.4 is 9.64 Å². The molecule has 4 aromatic carbocycles. The second-order valence-electron chi connectivity index (χ2n) is 10.1. The normalized spacial score (nSPS) is 15.2. The third kappa shape index (κ3) is 4.52. The average molecular weight is 573 g/mol. The first kappa shape index (κ1) is 25.7. The molecule has 1 amide bonds. The van der Waals surface area contributed by atoms with Crippen LogP contribution in [0.5, 0.6) is 5.75 Å². The van der Waals surface area contributed by atoms with Gasteiger partial charge in [0, 0.05) is 5.39 Å². The van der Waals surface area contributed by atoms with Gasteiger partial charge in [-0.05, 0) is 60.0 Å². The molecule has 0 fully saturated rings. The van der Waals surface area contributed by atoms with Crippen LogP contribution in [0.15, 0.2) is 119 Å². The van der Waals surface area contributed by atoms with E-state index in [0.717, 1.165) is 26.7 Å². The first-order valence-electron chi connectivity index (χ1n) is 13.4. The lowest BCUT2D eigenvalue weighted by Crippen LogP contribution is -2.30. The van der Waals surface area contributed by atoms with E-state index in [-0.39, 0.29) is 11.3 Å². The molecule has 6 aromatic rings. The SMILES string of the molecule is Cc1ccc2nc(N3C(=O)C(O)=C(C(=O)c4cc5ccccc5o4)C3c3ccc(OCc4ccccc4)cc3)sc2c1. The third-order valence-electron chi connectivity index (χ3n) is 7.28. The number of furan rings is 1. The summed E-state index contributed by atoms with van der Waals surface area (Å²) in [5.74, 6) is -1.21. The maximum Gasteiger partial charge on any atom is 0.296 e. The van der Waals surface area contributed by atoms with Crippen LogP contribution in [-0.4, -0.2) is 21.8 Å². The Morgan fingerprint density at radius 1 is 0.976 bits per heavy atom. The van der Waals surface area contributed by atoms with Crippen molar-refractivity contribution in [3.63, 3.8) is 0 Å². The summed E-state index contributed by atoms with van der Waals surface area (Å²) in [6.07, 6.45) is 0. The van der Waals surface area contributed by atoms with Crippen molar-refractivity contribution in [2.24, 2.45) is 0 Å². The van der Waals surface area contributed by atoms with Gasteiger partial charge in [-0.2, -0.15) is 0 Å². The monoisotopic (exact) mass is 572 g/mol. The van der Waals surface area contributed by atoms with Crippen LogP contribution in [-0.2, 0) is 11.4 Å². The number of aromatic nitrogens is 1. The molecule has 1 aliphatic rings. The maximum atomic E-state index is 13.9. The first-order chi connectivity index (χ1) is 20.5. The van der Waals surface area contributed by atoms with Gasteiger partial charge in [-0.1, -0.05) is 78.1 Å². The van der Waals surface area contributed by atoms with Gasteiger partial charge < -0.3 is 14.3 Å². The molecule has 1 unspecified atom stereocenters. The molecule has 0 bridgehead atoms. The minimum atomic E-state index is -0.928. The highest BCUT2D eigenvalue weighted by Gasteiger charge is 2.46. The number of rotatable bonds is 7. The molecule has 0 spiro atoms. The van der Waals surface area contributed by atoms with Crippen molar-refractivity contribution in [1.29, 1.82) is 0 Å². The number of carbonyl (C=O) groups excluding carboxylic acids is 2. The summed E-state index contributed by atoms with van der Waals surface area (Å²) in [4.78, 5) is 33.7. The Labute approximate surface area is 244 Å². The second kappa shape index (κ2) is 10.3. The summed E-state index contributed by atoms with van der Waals surface area (Å²) in [6.45, 7) is 2.39. The Balaban J connectivity index is 1.29. The van der Waals surface area contributed by atoms with Crippen LogP contribution in [0.2, 0.25) is 0 Å². The van der Waals surface area contributed by atoms with Crippen molar-refractivity contribution in [1.82, 2.24) is 4.98 Å². The Kier molecular flexibility index (Phi) is 6.32. The summed E-state index contributed by atoms with van der Waals surface area (Å²) in [5.41, 5.74) is 3.93. The fourth-order valence-corrected chi connectivity index (χ4v) is 6.28. The number of aryl methyl sites for hydroxylation is 1. The number of thiazole rings is 1. The summed E-state index contributed by atoms with van der Waals surface area (Å²) in [6, 6.07) is 30.8. The van der Waals surface area contributed by atoms with Gasteiger partial charge in [0.25, 0.3) is 5.91 Å². The molecular formula is C34H24N2O5S. The number of amides is 1. The molecular weight excluding hydrogens is 548 g/mol. The molecule has 0 saturated heterocycles. The van der Waals surface area contributed by atoms with Crippen molar-refractivity contribution in [2.75, 3.05) is 4.90 Å². The number of anilines is 1. The number of hydrogen-bond acceptors (Lipinski definition) is 7. The average Bonchev–Trinajstić information content (AvgIpc) is 3.70. The lowest BCUT2D eigenvalue weighted by molar-refractivity contribution is -0.117. The first-order valence-corrected chi connectivity index (χ1v) is 14.2. The largest absolute Gasteiger partial charge is 0.503 e. The molecule has 1 aliphatic heterocycles. The van der Waals surface area contributed by atoms with Gasteiger partial charge in [0.1, 0.15) is 17.9 Å². The van der Waals surface area contributed by atoms with E-state index >= 15 is 0 Å². The minimum Gasteiger partial charge on any atom is -0.503 e. The fraction of sp³-hybridized carbons (Fsp3) is 0.0882. The number of ketones is 1. The van der Waals surface area contributed by atoms with Gasteiger partial charge in [0.05, 0.1) is 21.8 Å². The van der Waals surface area contributed by atoms with E-state index in [2.05, 4.69) is 0 Å². The summed E-state index contributed by atoms with van der Waals surface area (Å²) < 4.78 is 12.7. The number of nitrogens with zero attached hydrogens (tertiary/aromatic N) is 2. The summed E-state index contributed by atoms with van der Waals surface area (Å²) in [5, 5.41) is 12.3. The zero-order valence-corrected chi connectivity index (χ0v) is 23.3. The minimum absolute atomic E-state index is 0.0418. The summed E-state index contributed by atoms with van der Waals surface area (Å²) in [7, 11) is 0. The molecule has 1 N–H and O–H groups in total. The number of aliphatic hydroxyl groups is 1. The van der Waals surface area contributed by atoms with Crippen LogP contribution in [0.4, 0.5) is 5.13 Å². The number of hydrogen-bond donors (Lipinski definition) is 1. The highest BCUT2D eigenvalue weighted by molar-refractivity contribution is 7.22. The van der Waals surface area contributed by atoms with E-state index in [1.165, 1.54) is 16.2 Å². The molecule has 42 heavy (non-hydrogen) atoms. The number of fused-ring (bicyclic) bond motifs is 2. The number of carbonyl (C=O) groups is 2. The standard InChI is InChI=1S/C34H24N2O5S/c1-20-11-16-25-28(17-20)42-34(35-25)36-30(22-12-14-24(15-13-22)40-19-21-7-3-2-4-8-21)29(32(38)33(36)39)31(37)27-18-23-9-5-6-10-26(23)41-27/h2-18,30,38H,19H2,1H3. The maximum absolute atomic E-state index is 13.9. The molecule has 7 rings (SSSR count). The highest BCUT2D eigenvalue weighted by atomic mass is 32.1. The number of ether oxygens (including phenoxy) is 1. The van der Waals surface area contributed by atoms with Crippen LogP contribution in [0.3, 0.4) is 0 Å². The highest BCUT2D eigenvalue weighted by Crippen LogP contribution is 2.45. The van der Waals surface area contributed by atoms with Crippen LogP contribution in [0.25, 0.3) is 21.2 Å². The van der Waals surface area contributed by atoms with Gasteiger partial charge in [-0.25, -0.2) is 4.98 Å². The van der Waals surface area contributed by atoms with Gasteiger partial charge in [-0.3, -0.25) is 14.5 Å². The molecule has 8 heteroatoms. The Bertz CT molecular complexity index is 1970. The Morgan fingerprint density at radius 2 is 1.74 bits per heavy atom. The van der Waals surface area contributed by atoms with Crippen molar-refractivity contribution in [3.05, 3.63) is 137 Å². The fourth-order valence-electron chi connectivity index (χ4n) is 5.19. The molecule has 0 aliphatic carbocycles. The van der Waals surface area contributed by atoms with Crippen LogP contribution in [0, 0.1) is 6.92 Å². The lowest BCUT2D eigenvalue weighted by Gasteiger charge is -2.24. The molecule has 2 aromatic heterocycles. The molecule has 1 atom stereocenters. The predicted molar refractivity (Wildman–Crippen MR) is 162 cm³/mol. The lowest BCUT2D eigenvalue weighted by atomic mass is 9.95. The predicted octanol–water partition coefficient (Wildman–Crippen LogP) is 7.71. The Morgan fingerprint density at radius 3 is 2.52 bits per heavy atom. The van der Waals surface area contributed by atoms with Crippen molar-refractivity contribution in [2.45, 2.75) is 19.6 Å². The zero-order valence-electron chi connectivity index (χ0n) is 22.5. The van der Waals surface area contributed by atoms with E-state index in [1.54, 1.807) is 36.4 Å². The molecule has 3 heterocycles. The van der Waals surface area contributed by atoms with Crippen molar-refractivity contribution in [3.8, 4) is 5.75 Å². The number of benzene rings is 4. The number of para-hydroxylation sites is 1. The van der Waals surface area contributed by atoms with E-state index in [1.807, 2.05) is 73.7 Å². The number of Topliss-reactive ketones (excluding diaryl/α,β-unsaturated/α-hetero) is 1. The molecule has 7 nitrogen and oxygen atoms in total. The zero-order chi connectivity index (χ0) is 28.8. The summed E-state index contributed by atoms with van der Waals surface area (Å²) >= 11 is 1.33.